The van der Waals surface area contributed by atoms with Crippen LogP contribution in [-0.2, 0) is 4.74 Å². The van der Waals surface area contributed by atoms with E-state index >= 15 is 0 Å². The van der Waals surface area contributed by atoms with Crippen molar-refractivity contribution in [3.8, 4) is 0 Å². The highest BCUT2D eigenvalue weighted by Crippen LogP contribution is 2.37. The zero-order valence-corrected chi connectivity index (χ0v) is 11.1. The maximum atomic E-state index is 10.2. The zero-order valence-electron chi connectivity index (χ0n) is 8.70. The third kappa shape index (κ3) is 2.61. The van der Waals surface area contributed by atoms with Gasteiger partial charge in [0, 0.05) is 26.8 Å². The van der Waals surface area contributed by atoms with Crippen LogP contribution in [0.15, 0.2) is 10.5 Å². The van der Waals surface area contributed by atoms with Crippen molar-refractivity contribution in [3.63, 3.8) is 0 Å². The van der Waals surface area contributed by atoms with Crippen molar-refractivity contribution in [3.05, 3.63) is 20.3 Å². The normalized spacial score (nSPS) is 24.1. The van der Waals surface area contributed by atoms with Crippen LogP contribution in [0, 0.1) is 12.8 Å². The lowest BCUT2D eigenvalue weighted by molar-refractivity contribution is -0.00885. The summed E-state index contributed by atoms with van der Waals surface area (Å²) in [6.07, 6.45) is 1.74. The number of hydrogen-bond donors (Lipinski definition) is 1. The molecule has 0 amide bonds. The standard InChI is InChI=1S/C11H15BrO2S/c1-7-5-9(12)11(15-7)10(13)8-3-2-4-14-6-8/h5,8,10,13H,2-4,6H2,1H3. The van der Waals surface area contributed by atoms with Gasteiger partial charge in [-0.2, -0.15) is 0 Å². The van der Waals surface area contributed by atoms with Crippen molar-refractivity contribution in [2.24, 2.45) is 5.92 Å². The molecule has 2 heterocycles. The summed E-state index contributed by atoms with van der Waals surface area (Å²) >= 11 is 5.16. The summed E-state index contributed by atoms with van der Waals surface area (Å²) in [5.74, 6) is 0.257. The molecule has 1 aromatic heterocycles. The first-order valence-corrected chi connectivity index (χ1v) is 6.81. The quantitative estimate of drug-likeness (QED) is 0.906. The Morgan fingerprint density at radius 2 is 2.47 bits per heavy atom. The van der Waals surface area contributed by atoms with Gasteiger partial charge in [0.1, 0.15) is 0 Å². The van der Waals surface area contributed by atoms with Crippen LogP contribution in [-0.4, -0.2) is 18.3 Å². The highest BCUT2D eigenvalue weighted by atomic mass is 79.9. The number of hydrogen-bond acceptors (Lipinski definition) is 3. The molecule has 1 aliphatic rings. The van der Waals surface area contributed by atoms with Crippen molar-refractivity contribution in [2.45, 2.75) is 25.9 Å². The van der Waals surface area contributed by atoms with Gasteiger partial charge < -0.3 is 9.84 Å². The summed E-state index contributed by atoms with van der Waals surface area (Å²) < 4.78 is 6.43. The minimum absolute atomic E-state index is 0.257. The molecule has 0 aliphatic carbocycles. The van der Waals surface area contributed by atoms with Crippen molar-refractivity contribution in [2.75, 3.05) is 13.2 Å². The molecule has 4 heteroatoms. The van der Waals surface area contributed by atoms with Crippen LogP contribution in [0.1, 0.15) is 28.7 Å². The fourth-order valence-electron chi connectivity index (χ4n) is 1.93. The van der Waals surface area contributed by atoms with Crippen molar-refractivity contribution >= 4 is 27.3 Å². The molecular weight excluding hydrogens is 276 g/mol. The van der Waals surface area contributed by atoms with E-state index in [9.17, 15) is 5.11 Å². The second kappa shape index (κ2) is 4.95. The van der Waals surface area contributed by atoms with Crippen molar-refractivity contribution < 1.29 is 9.84 Å². The van der Waals surface area contributed by atoms with Gasteiger partial charge in [0.05, 0.1) is 12.7 Å². The molecule has 2 nitrogen and oxygen atoms in total. The summed E-state index contributed by atoms with van der Waals surface area (Å²) in [5.41, 5.74) is 0. The van der Waals surface area contributed by atoms with Crippen LogP contribution in [0.2, 0.25) is 0 Å². The molecule has 0 spiro atoms. The number of aryl methyl sites for hydroxylation is 1. The number of thiophene rings is 1. The lowest BCUT2D eigenvalue weighted by Crippen LogP contribution is -2.23. The van der Waals surface area contributed by atoms with Gasteiger partial charge in [0.25, 0.3) is 0 Å². The van der Waals surface area contributed by atoms with Crippen molar-refractivity contribution in [1.29, 1.82) is 0 Å². The van der Waals surface area contributed by atoms with Gasteiger partial charge in [0.2, 0.25) is 0 Å². The van der Waals surface area contributed by atoms with Crippen molar-refractivity contribution in [1.82, 2.24) is 0 Å². The second-order valence-corrected chi connectivity index (χ2v) is 6.13. The Kier molecular flexibility index (Phi) is 3.83. The van der Waals surface area contributed by atoms with Crippen LogP contribution >= 0.6 is 27.3 Å². The van der Waals surface area contributed by atoms with E-state index in [1.165, 1.54) is 4.88 Å². The van der Waals surface area contributed by atoms with Gasteiger partial charge in [-0.15, -0.1) is 11.3 Å². The predicted octanol–water partition coefficient (Wildman–Crippen LogP) is 3.28. The van der Waals surface area contributed by atoms with Gasteiger partial charge in [-0.05, 0) is 41.8 Å². The molecule has 0 radical (unpaired) electrons. The van der Waals surface area contributed by atoms with Crippen LogP contribution < -0.4 is 0 Å². The highest BCUT2D eigenvalue weighted by molar-refractivity contribution is 9.10. The molecule has 2 unspecified atom stereocenters. The maximum Gasteiger partial charge on any atom is 0.0943 e. The maximum absolute atomic E-state index is 10.2. The van der Waals surface area contributed by atoms with E-state index in [1.807, 2.05) is 0 Å². The molecule has 1 fully saturated rings. The summed E-state index contributed by atoms with van der Waals surface area (Å²) in [7, 11) is 0. The third-order valence-electron chi connectivity index (χ3n) is 2.75. The Hall–Kier alpha value is 0.1000. The largest absolute Gasteiger partial charge is 0.387 e. The van der Waals surface area contributed by atoms with Gasteiger partial charge in [-0.25, -0.2) is 0 Å². The Bertz CT molecular complexity index is 331. The average molecular weight is 291 g/mol. The lowest BCUT2D eigenvalue weighted by atomic mass is 9.95. The Labute approximate surface area is 102 Å². The topological polar surface area (TPSA) is 29.5 Å². The summed E-state index contributed by atoms with van der Waals surface area (Å²) in [6.45, 7) is 3.58. The fourth-order valence-corrected chi connectivity index (χ4v) is 3.90. The average Bonchev–Trinajstić information content (AvgIpc) is 2.58. The number of rotatable bonds is 2. The molecular formula is C11H15BrO2S. The number of aliphatic hydroxyl groups excluding tert-OH is 1. The van der Waals surface area contributed by atoms with Crippen LogP contribution in [0.3, 0.4) is 0 Å². The molecule has 2 atom stereocenters. The highest BCUT2D eigenvalue weighted by Gasteiger charge is 2.26. The van der Waals surface area contributed by atoms with E-state index in [-0.39, 0.29) is 12.0 Å². The predicted molar refractivity (Wildman–Crippen MR) is 65.3 cm³/mol. The van der Waals surface area contributed by atoms with E-state index in [0.29, 0.717) is 6.61 Å². The van der Waals surface area contributed by atoms with Gasteiger partial charge in [-0.3, -0.25) is 0 Å². The Balaban J connectivity index is 2.12. The van der Waals surface area contributed by atoms with Gasteiger partial charge >= 0.3 is 0 Å². The molecule has 0 saturated carbocycles. The smallest absolute Gasteiger partial charge is 0.0943 e. The van der Waals surface area contributed by atoms with E-state index in [4.69, 9.17) is 4.74 Å². The van der Waals surface area contributed by atoms with E-state index in [0.717, 1.165) is 28.8 Å². The van der Waals surface area contributed by atoms with E-state index in [1.54, 1.807) is 11.3 Å². The Morgan fingerprint density at radius 1 is 1.67 bits per heavy atom. The van der Waals surface area contributed by atoms with Crippen LogP contribution in [0.4, 0.5) is 0 Å². The lowest BCUT2D eigenvalue weighted by Gasteiger charge is -2.26. The molecule has 0 bridgehead atoms. The number of aliphatic hydroxyl groups is 1. The zero-order chi connectivity index (χ0) is 10.8. The second-order valence-electron chi connectivity index (χ2n) is 3.99. The molecule has 1 aliphatic heterocycles. The first-order chi connectivity index (χ1) is 7.18. The molecule has 1 N–H and O–H groups in total. The molecule has 0 aromatic carbocycles. The summed E-state index contributed by atoms with van der Waals surface area (Å²) in [6, 6.07) is 2.06. The number of halogens is 1. The first-order valence-electron chi connectivity index (χ1n) is 5.20. The summed E-state index contributed by atoms with van der Waals surface area (Å²) in [4.78, 5) is 2.27. The summed E-state index contributed by atoms with van der Waals surface area (Å²) in [5, 5.41) is 10.2. The molecule has 15 heavy (non-hydrogen) atoms. The minimum Gasteiger partial charge on any atom is -0.387 e. The van der Waals surface area contributed by atoms with E-state index < -0.39 is 0 Å². The fraction of sp³-hybridized carbons (Fsp3) is 0.636. The molecule has 1 saturated heterocycles. The SMILES string of the molecule is Cc1cc(Br)c(C(O)C2CCCOC2)s1. The van der Waals surface area contributed by atoms with Gasteiger partial charge in [0.15, 0.2) is 0 Å². The van der Waals surface area contributed by atoms with E-state index in [2.05, 4.69) is 28.9 Å². The molecule has 2 rings (SSSR count). The molecule has 84 valence electrons. The minimum atomic E-state index is -0.377. The van der Waals surface area contributed by atoms with Gasteiger partial charge in [-0.1, -0.05) is 0 Å². The van der Waals surface area contributed by atoms with Crippen LogP contribution in [0.5, 0.6) is 0 Å². The number of ether oxygens (including phenoxy) is 1. The Morgan fingerprint density at radius 3 is 3.00 bits per heavy atom. The van der Waals surface area contributed by atoms with Crippen LogP contribution in [0.25, 0.3) is 0 Å². The third-order valence-corrected chi connectivity index (χ3v) is 4.79. The monoisotopic (exact) mass is 290 g/mol. The first kappa shape index (κ1) is 11.6. The molecule has 1 aromatic rings.